The number of aromatic nitrogens is 2. The first-order valence-corrected chi connectivity index (χ1v) is 14.4. The Morgan fingerprint density at radius 3 is 2.73 bits per heavy atom. The number of amides is 1. The second-order valence-corrected chi connectivity index (χ2v) is 11.4. The molecule has 0 spiro atoms. The molecule has 3 aliphatic rings. The summed E-state index contributed by atoms with van der Waals surface area (Å²) in [7, 11) is 2.00. The van der Waals surface area contributed by atoms with Gasteiger partial charge >= 0.3 is 12.2 Å². The maximum Gasteiger partial charge on any atom is 0.417 e. The van der Waals surface area contributed by atoms with Gasteiger partial charge in [-0.1, -0.05) is 6.58 Å². The van der Waals surface area contributed by atoms with E-state index in [0.29, 0.717) is 36.8 Å². The molecule has 236 valence electrons. The molecule has 3 aliphatic heterocycles. The highest BCUT2D eigenvalue weighted by Crippen LogP contribution is 2.44. The molecule has 2 saturated heterocycles. The van der Waals surface area contributed by atoms with Crippen LogP contribution in [0.3, 0.4) is 0 Å². The largest absolute Gasteiger partial charge is 0.462 e. The number of ether oxygens (including phenoxy) is 2. The molecule has 2 aromatic rings. The maximum atomic E-state index is 15.3. The minimum absolute atomic E-state index is 0.0475. The highest BCUT2D eigenvalue weighted by Gasteiger charge is 2.42. The van der Waals surface area contributed by atoms with E-state index in [1.54, 1.807) is 4.90 Å². The van der Waals surface area contributed by atoms with Gasteiger partial charge in [0, 0.05) is 43.2 Å². The van der Waals surface area contributed by atoms with Crippen LogP contribution < -0.4 is 15.4 Å². The lowest BCUT2D eigenvalue weighted by Gasteiger charge is -2.40. The second kappa shape index (κ2) is 12.6. The molecule has 1 aromatic carbocycles. The Bertz CT molecular complexity index is 1480. The number of fused-ring (bicyclic) bond motifs is 1. The summed E-state index contributed by atoms with van der Waals surface area (Å²) in [5.41, 5.74) is 4.31. The predicted octanol–water partition coefficient (Wildman–Crippen LogP) is 3.93. The highest BCUT2D eigenvalue weighted by molar-refractivity contribution is 5.87. The summed E-state index contributed by atoms with van der Waals surface area (Å²) < 4.78 is 69.8. The van der Waals surface area contributed by atoms with Crippen molar-refractivity contribution in [1.82, 2.24) is 19.8 Å². The SMILES string of the molecule is [C-]#[N+]C[C@H]1CN(c2nc(OC[C@@H]3CCCN3C)nc3c2COC(c2c(F)c(N)cc(C)c2C(F)(F)F)C3)CCN1C(=O)C=C. The van der Waals surface area contributed by atoms with Gasteiger partial charge in [0.1, 0.15) is 18.5 Å². The van der Waals surface area contributed by atoms with Crippen molar-refractivity contribution in [2.24, 2.45) is 0 Å². The number of halogens is 4. The lowest BCUT2D eigenvalue weighted by Crippen LogP contribution is -2.56. The summed E-state index contributed by atoms with van der Waals surface area (Å²) in [5, 5.41) is 0. The molecule has 0 aliphatic carbocycles. The third-order valence-electron chi connectivity index (χ3n) is 8.61. The third kappa shape index (κ3) is 6.16. The van der Waals surface area contributed by atoms with Gasteiger partial charge in [-0.25, -0.2) is 11.0 Å². The van der Waals surface area contributed by atoms with Crippen molar-refractivity contribution < 1.29 is 31.8 Å². The number of anilines is 2. The van der Waals surface area contributed by atoms with E-state index in [-0.39, 0.29) is 49.6 Å². The monoisotopic (exact) mass is 617 g/mol. The number of carbonyl (C=O) groups is 1. The summed E-state index contributed by atoms with van der Waals surface area (Å²) >= 11 is 0. The Morgan fingerprint density at radius 2 is 2.07 bits per heavy atom. The number of likely N-dealkylation sites (tertiary alicyclic amines) is 1. The molecule has 3 atom stereocenters. The number of nitrogens with zero attached hydrogens (tertiary/aromatic N) is 6. The van der Waals surface area contributed by atoms with Crippen molar-refractivity contribution in [2.75, 3.05) is 57.0 Å². The molecule has 1 amide bonds. The number of nitrogen functional groups attached to an aromatic ring is 1. The molecular weight excluding hydrogens is 582 g/mol. The minimum Gasteiger partial charge on any atom is -0.462 e. The van der Waals surface area contributed by atoms with E-state index in [4.69, 9.17) is 26.8 Å². The van der Waals surface area contributed by atoms with Crippen LogP contribution in [0.1, 0.15) is 46.9 Å². The smallest absolute Gasteiger partial charge is 0.417 e. The van der Waals surface area contributed by atoms with Crippen LogP contribution in [0.5, 0.6) is 6.01 Å². The Labute approximate surface area is 253 Å². The third-order valence-corrected chi connectivity index (χ3v) is 8.61. The molecule has 5 rings (SSSR count). The van der Waals surface area contributed by atoms with Crippen molar-refractivity contribution in [3.05, 3.63) is 63.9 Å². The quantitative estimate of drug-likeness (QED) is 0.216. The van der Waals surface area contributed by atoms with Crippen molar-refractivity contribution in [1.29, 1.82) is 0 Å². The number of nitrogens with two attached hydrogens (primary N) is 1. The summed E-state index contributed by atoms with van der Waals surface area (Å²) in [6.07, 6.45) is -3.14. The number of hydrogen-bond acceptors (Lipinski definition) is 8. The van der Waals surface area contributed by atoms with Gasteiger partial charge < -0.3 is 34.8 Å². The van der Waals surface area contributed by atoms with E-state index < -0.39 is 41.0 Å². The molecule has 4 heterocycles. The number of alkyl halides is 3. The minimum atomic E-state index is -4.84. The Morgan fingerprint density at radius 1 is 1.30 bits per heavy atom. The fraction of sp³-hybridized carbons (Fsp3) is 0.533. The zero-order valence-electron chi connectivity index (χ0n) is 24.7. The van der Waals surface area contributed by atoms with E-state index in [1.165, 1.54) is 13.0 Å². The first-order valence-electron chi connectivity index (χ1n) is 14.4. The fourth-order valence-corrected chi connectivity index (χ4v) is 6.34. The molecule has 0 radical (unpaired) electrons. The van der Waals surface area contributed by atoms with Crippen molar-refractivity contribution in [2.45, 2.75) is 57.2 Å². The van der Waals surface area contributed by atoms with Gasteiger partial charge in [-0.2, -0.15) is 23.1 Å². The first-order chi connectivity index (χ1) is 20.9. The van der Waals surface area contributed by atoms with Gasteiger partial charge in [-0.05, 0) is 51.1 Å². The van der Waals surface area contributed by atoms with Crippen molar-refractivity contribution in [3.63, 3.8) is 0 Å². The number of aryl methyl sites for hydroxylation is 1. The van der Waals surface area contributed by atoms with Gasteiger partial charge in [-0.15, -0.1) is 0 Å². The van der Waals surface area contributed by atoms with E-state index in [1.807, 2.05) is 11.9 Å². The number of benzene rings is 1. The van der Waals surface area contributed by atoms with Crippen molar-refractivity contribution >= 4 is 17.4 Å². The van der Waals surface area contributed by atoms with E-state index in [0.717, 1.165) is 25.5 Å². The van der Waals surface area contributed by atoms with Gasteiger partial charge in [-0.3, -0.25) is 4.79 Å². The standard InChI is InChI=1S/C30H35F4N7O3/c1-5-24(42)41-10-9-40(14-19(41)13-36-3)28-20-16-43-23(25-26(30(32,33)34)17(2)11-21(35)27(25)31)12-22(20)37-29(38-28)44-15-18-7-6-8-39(18)4/h5,11,18-19,23H,1,6-10,12-16,35H2,2,4H3/t18-,19-,23?/m0/s1. The fourth-order valence-electron chi connectivity index (χ4n) is 6.34. The molecule has 0 saturated carbocycles. The van der Waals surface area contributed by atoms with Crippen LogP contribution in [0, 0.1) is 19.3 Å². The topological polar surface area (TPSA) is 101 Å². The Hall–Kier alpha value is -3.96. The number of likely N-dealkylation sites (N-methyl/N-ethyl adjacent to an activating group) is 1. The molecule has 2 N–H and O–H groups in total. The molecule has 1 unspecified atom stereocenters. The molecule has 14 heteroatoms. The van der Waals surface area contributed by atoms with Crippen LogP contribution in [-0.4, -0.2) is 84.1 Å². The van der Waals surface area contributed by atoms with E-state index >= 15 is 4.39 Å². The van der Waals surface area contributed by atoms with E-state index in [2.05, 4.69) is 21.3 Å². The van der Waals surface area contributed by atoms with E-state index in [9.17, 15) is 18.0 Å². The number of hydrogen-bond donors (Lipinski definition) is 1. The Balaban J connectivity index is 1.53. The number of piperazine rings is 1. The van der Waals surface area contributed by atoms with Crippen LogP contribution in [0.4, 0.5) is 29.1 Å². The summed E-state index contributed by atoms with van der Waals surface area (Å²) in [6.45, 7) is 14.3. The second-order valence-electron chi connectivity index (χ2n) is 11.4. The number of carbonyl (C=O) groups excluding carboxylic acids is 1. The first kappa shape index (κ1) is 31.5. The van der Waals surface area contributed by atoms with Crippen molar-refractivity contribution in [3.8, 4) is 6.01 Å². The zero-order valence-corrected chi connectivity index (χ0v) is 24.7. The molecule has 10 nitrogen and oxygen atoms in total. The average molecular weight is 618 g/mol. The van der Waals surface area contributed by atoms with Crippen LogP contribution in [0.15, 0.2) is 18.7 Å². The predicted molar refractivity (Wildman–Crippen MR) is 154 cm³/mol. The lowest BCUT2D eigenvalue weighted by atomic mass is 9.91. The zero-order chi connectivity index (χ0) is 31.8. The van der Waals surface area contributed by atoms with Crippen LogP contribution in [0.2, 0.25) is 0 Å². The Kier molecular flexibility index (Phi) is 8.99. The summed E-state index contributed by atoms with van der Waals surface area (Å²) in [5.74, 6) is -1.00. The summed E-state index contributed by atoms with van der Waals surface area (Å²) in [4.78, 5) is 30.9. The highest BCUT2D eigenvalue weighted by atomic mass is 19.4. The van der Waals surface area contributed by atoms with Gasteiger partial charge in [0.05, 0.1) is 29.7 Å². The molecular formula is C30H35F4N7O3. The summed E-state index contributed by atoms with van der Waals surface area (Å²) in [6, 6.07) is 0.738. The average Bonchev–Trinajstić information content (AvgIpc) is 3.40. The van der Waals surface area contributed by atoms with Gasteiger partial charge in [0.2, 0.25) is 12.5 Å². The molecule has 1 aromatic heterocycles. The molecule has 0 bridgehead atoms. The van der Waals surface area contributed by atoms with Gasteiger partial charge in [0.25, 0.3) is 0 Å². The maximum absolute atomic E-state index is 15.3. The lowest BCUT2D eigenvalue weighted by molar-refractivity contribution is -0.140. The number of rotatable bonds is 7. The van der Waals surface area contributed by atoms with Crippen LogP contribution in [-0.2, 0) is 28.7 Å². The van der Waals surface area contributed by atoms with Gasteiger partial charge in [0.15, 0.2) is 5.82 Å². The molecule has 2 fully saturated rings. The normalized spacial score (nSPS) is 22.4. The van der Waals surface area contributed by atoms with Crippen LogP contribution in [0.25, 0.3) is 4.85 Å². The van der Waals surface area contributed by atoms with Crippen LogP contribution >= 0.6 is 0 Å². The molecule has 44 heavy (non-hydrogen) atoms.